The van der Waals surface area contributed by atoms with Gasteiger partial charge in [-0.3, -0.25) is 4.79 Å². The maximum Gasteiger partial charge on any atom is 0.131 e. The molecule has 0 rings (SSSR count). The second kappa shape index (κ2) is 8.30. The van der Waals surface area contributed by atoms with Gasteiger partial charge in [0.15, 0.2) is 0 Å². The van der Waals surface area contributed by atoms with Gasteiger partial charge in [-0.25, -0.2) is 0 Å². The largest absolute Gasteiger partial charge is 0.327 e. The molecule has 10 heavy (non-hydrogen) atoms. The molecule has 0 aliphatic rings. The molecule has 60 valence electrons. The quantitative estimate of drug-likeness (QED) is 0.629. The molecule has 0 aliphatic heterocycles. The van der Waals surface area contributed by atoms with E-state index in [-0.39, 0.29) is 11.8 Å². The topological polar surface area (TPSA) is 60.2 Å². The van der Waals surface area contributed by atoms with E-state index in [4.69, 9.17) is 10.5 Å². The Morgan fingerprint density at radius 2 is 2.00 bits per heavy atom. The number of Topliss-reactive ketones (excluding diaryl/α,β-unsaturated/α-hetero) is 1. The molecule has 0 aromatic carbocycles. The number of carbonyl (C=O) groups excluding carboxylic acids is 2. The molecule has 0 saturated carbocycles. The minimum absolute atomic E-state index is 0.0764. The molecule has 0 bridgehead atoms. The summed E-state index contributed by atoms with van der Waals surface area (Å²) in [4.78, 5) is 18.3. The maximum absolute atomic E-state index is 10.3. The Kier molecular flexibility index (Phi) is 9.98. The molecule has 3 nitrogen and oxygen atoms in total. The van der Waals surface area contributed by atoms with Gasteiger partial charge < -0.3 is 10.5 Å². The number of hydrogen-bond acceptors (Lipinski definition) is 3. The third-order valence-electron chi connectivity index (χ3n) is 1.07. The molecule has 0 aliphatic carbocycles. The summed E-state index contributed by atoms with van der Waals surface area (Å²) >= 11 is 0. The minimum atomic E-state index is 0.0764. The minimum Gasteiger partial charge on any atom is -0.327 e. The molecule has 0 aromatic heterocycles. The van der Waals surface area contributed by atoms with Crippen molar-refractivity contribution in [3.05, 3.63) is 0 Å². The third kappa shape index (κ3) is 10.3. The Balaban J connectivity index is 0. The van der Waals surface area contributed by atoms with E-state index in [1.54, 1.807) is 6.92 Å². The first-order chi connectivity index (χ1) is 4.66. The van der Waals surface area contributed by atoms with Crippen LogP contribution in [0.4, 0.5) is 0 Å². The number of nitrogens with two attached hydrogens (primary N) is 1. The number of ketones is 1. The van der Waals surface area contributed by atoms with E-state index in [2.05, 4.69) is 0 Å². The molecule has 1 unspecified atom stereocenters. The number of carbonyl (C=O) groups is 2. The SMILES string of the molecule is C=O.CCC(N)CC(C)=O. The fourth-order valence-corrected chi connectivity index (χ4v) is 0.514. The summed E-state index contributed by atoms with van der Waals surface area (Å²) in [6.07, 6.45) is 1.41. The summed E-state index contributed by atoms with van der Waals surface area (Å²) in [7, 11) is 0. The van der Waals surface area contributed by atoms with Crippen LogP contribution in [0.2, 0.25) is 0 Å². The highest BCUT2D eigenvalue weighted by Gasteiger charge is 2.00. The highest BCUT2D eigenvalue weighted by molar-refractivity contribution is 5.76. The van der Waals surface area contributed by atoms with Crippen molar-refractivity contribution < 1.29 is 9.59 Å². The van der Waals surface area contributed by atoms with Crippen molar-refractivity contribution in [3.8, 4) is 0 Å². The van der Waals surface area contributed by atoms with Crippen LogP contribution >= 0.6 is 0 Å². The van der Waals surface area contributed by atoms with Crippen molar-refractivity contribution >= 4 is 12.6 Å². The van der Waals surface area contributed by atoms with Gasteiger partial charge in [0, 0.05) is 12.5 Å². The molecule has 0 saturated heterocycles. The maximum atomic E-state index is 10.3. The van der Waals surface area contributed by atoms with Gasteiger partial charge in [0.05, 0.1) is 0 Å². The zero-order valence-electron chi connectivity index (χ0n) is 6.59. The summed E-state index contributed by atoms with van der Waals surface area (Å²) in [6.45, 7) is 5.54. The van der Waals surface area contributed by atoms with E-state index in [1.807, 2.05) is 13.7 Å². The lowest BCUT2D eigenvalue weighted by Crippen LogP contribution is -2.21. The van der Waals surface area contributed by atoms with Crippen LogP contribution in [-0.2, 0) is 9.59 Å². The molecule has 0 amide bonds. The Bertz CT molecular complexity index is 93.6. The van der Waals surface area contributed by atoms with Gasteiger partial charge in [-0.15, -0.1) is 0 Å². The second-order valence-corrected chi connectivity index (χ2v) is 2.07. The van der Waals surface area contributed by atoms with Gasteiger partial charge >= 0.3 is 0 Å². The smallest absolute Gasteiger partial charge is 0.131 e. The van der Waals surface area contributed by atoms with E-state index >= 15 is 0 Å². The van der Waals surface area contributed by atoms with Crippen molar-refractivity contribution in [1.82, 2.24) is 0 Å². The van der Waals surface area contributed by atoms with Crippen molar-refractivity contribution in [1.29, 1.82) is 0 Å². The van der Waals surface area contributed by atoms with E-state index in [1.165, 1.54) is 0 Å². The molecule has 1 atom stereocenters. The van der Waals surface area contributed by atoms with E-state index in [0.29, 0.717) is 6.42 Å². The molecule has 0 heterocycles. The molecule has 2 N–H and O–H groups in total. The molecular formula is C7H15NO2. The van der Waals surface area contributed by atoms with Gasteiger partial charge in [0.1, 0.15) is 12.6 Å². The van der Waals surface area contributed by atoms with Gasteiger partial charge in [-0.05, 0) is 13.3 Å². The Labute approximate surface area is 61.6 Å². The summed E-state index contributed by atoms with van der Waals surface area (Å²) < 4.78 is 0. The Morgan fingerprint density at radius 1 is 1.60 bits per heavy atom. The molecule has 0 fully saturated rings. The molecule has 0 aromatic rings. The van der Waals surface area contributed by atoms with Gasteiger partial charge in [0.25, 0.3) is 0 Å². The fourth-order valence-electron chi connectivity index (χ4n) is 0.514. The average Bonchev–Trinajstić information content (AvgIpc) is 1.91. The first kappa shape index (κ1) is 12.0. The van der Waals surface area contributed by atoms with Crippen molar-refractivity contribution in [2.24, 2.45) is 5.73 Å². The lowest BCUT2D eigenvalue weighted by atomic mass is 10.1. The molecule has 3 heteroatoms. The summed E-state index contributed by atoms with van der Waals surface area (Å²) in [6, 6.07) is 0.0764. The highest BCUT2D eigenvalue weighted by atomic mass is 16.1. The molecule has 0 radical (unpaired) electrons. The monoisotopic (exact) mass is 145 g/mol. The first-order valence-corrected chi connectivity index (χ1v) is 3.20. The van der Waals surface area contributed by atoms with Crippen LogP contribution in [0, 0.1) is 0 Å². The average molecular weight is 145 g/mol. The second-order valence-electron chi connectivity index (χ2n) is 2.07. The van der Waals surface area contributed by atoms with E-state index < -0.39 is 0 Å². The van der Waals surface area contributed by atoms with Crippen LogP contribution in [0.15, 0.2) is 0 Å². The Morgan fingerprint density at radius 3 is 2.10 bits per heavy atom. The van der Waals surface area contributed by atoms with Crippen LogP contribution in [0.5, 0.6) is 0 Å². The van der Waals surface area contributed by atoms with Crippen LogP contribution in [-0.4, -0.2) is 18.6 Å². The lowest BCUT2D eigenvalue weighted by Gasteiger charge is -2.02. The summed E-state index contributed by atoms with van der Waals surface area (Å²) in [5.74, 6) is 0.180. The first-order valence-electron chi connectivity index (χ1n) is 3.20. The predicted molar refractivity (Wildman–Crippen MR) is 40.7 cm³/mol. The molecular weight excluding hydrogens is 130 g/mol. The lowest BCUT2D eigenvalue weighted by molar-refractivity contribution is -0.117. The van der Waals surface area contributed by atoms with Gasteiger partial charge in [-0.2, -0.15) is 0 Å². The highest BCUT2D eigenvalue weighted by Crippen LogP contribution is 1.92. The Hall–Kier alpha value is -0.700. The summed E-state index contributed by atoms with van der Waals surface area (Å²) in [5.41, 5.74) is 5.45. The van der Waals surface area contributed by atoms with Crippen LogP contribution in [0.3, 0.4) is 0 Å². The normalized spacial score (nSPS) is 11.1. The predicted octanol–water partition coefficient (Wildman–Crippen LogP) is 0.518. The zero-order valence-corrected chi connectivity index (χ0v) is 6.59. The van der Waals surface area contributed by atoms with Gasteiger partial charge in [-0.1, -0.05) is 6.92 Å². The fraction of sp³-hybridized carbons (Fsp3) is 0.714. The number of rotatable bonds is 3. The number of hydrogen-bond donors (Lipinski definition) is 1. The summed E-state index contributed by atoms with van der Waals surface area (Å²) in [5, 5.41) is 0. The molecule has 0 spiro atoms. The van der Waals surface area contributed by atoms with Crippen molar-refractivity contribution in [2.75, 3.05) is 0 Å². The third-order valence-corrected chi connectivity index (χ3v) is 1.07. The zero-order chi connectivity index (χ0) is 8.57. The van der Waals surface area contributed by atoms with Crippen molar-refractivity contribution in [3.63, 3.8) is 0 Å². The van der Waals surface area contributed by atoms with Crippen LogP contribution in [0.1, 0.15) is 26.7 Å². The van der Waals surface area contributed by atoms with Crippen molar-refractivity contribution in [2.45, 2.75) is 32.7 Å². The van der Waals surface area contributed by atoms with E-state index in [9.17, 15) is 4.79 Å². The van der Waals surface area contributed by atoms with Crippen LogP contribution < -0.4 is 5.73 Å². The standard InChI is InChI=1S/C6H13NO.CH2O/c1-3-6(7)4-5(2)8;1-2/h6H,3-4,7H2,1-2H3;1H2. The van der Waals surface area contributed by atoms with Gasteiger partial charge in [0.2, 0.25) is 0 Å². The van der Waals surface area contributed by atoms with E-state index in [0.717, 1.165) is 6.42 Å². The van der Waals surface area contributed by atoms with Crippen LogP contribution in [0.25, 0.3) is 0 Å².